The Balaban J connectivity index is 2.47. The lowest BCUT2D eigenvalue weighted by atomic mass is 10.2. The Morgan fingerprint density at radius 3 is 2.88 bits per heavy atom. The van der Waals surface area contributed by atoms with Crippen LogP contribution in [0.4, 0.5) is 8.78 Å². The van der Waals surface area contributed by atoms with Crippen molar-refractivity contribution in [3.63, 3.8) is 0 Å². The molecule has 0 aromatic rings. The maximum atomic E-state index is 13.2. The Bertz CT molecular complexity index is 248. The molecule has 4 nitrogen and oxygen atoms in total. The van der Waals surface area contributed by atoms with E-state index in [4.69, 9.17) is 9.84 Å². The summed E-state index contributed by atoms with van der Waals surface area (Å²) in [6.45, 7) is 2.32. The van der Waals surface area contributed by atoms with Gasteiger partial charge in [-0.15, -0.1) is 0 Å². The van der Waals surface area contributed by atoms with Crippen molar-refractivity contribution in [3.8, 4) is 0 Å². The molecule has 1 aliphatic heterocycles. The molecular weight excluding hydrogens is 220 g/mol. The number of alkyl halides is 2. The first-order valence-electron chi connectivity index (χ1n) is 5.36. The summed E-state index contributed by atoms with van der Waals surface area (Å²) in [5.74, 6) is -3.69. The molecule has 1 atom stereocenters. The topological polar surface area (TPSA) is 49.8 Å². The number of aliphatic carboxylic acids is 1. The van der Waals surface area contributed by atoms with Gasteiger partial charge in [0.2, 0.25) is 0 Å². The summed E-state index contributed by atoms with van der Waals surface area (Å²) in [5, 5.41) is 8.52. The van der Waals surface area contributed by atoms with Gasteiger partial charge in [-0.3, -0.25) is 9.69 Å². The summed E-state index contributed by atoms with van der Waals surface area (Å²) in [5.41, 5.74) is 0. The van der Waals surface area contributed by atoms with Crippen molar-refractivity contribution in [1.82, 2.24) is 4.90 Å². The number of hydrogen-bond donors (Lipinski definition) is 1. The molecule has 0 aliphatic carbocycles. The number of halogens is 2. The molecule has 1 heterocycles. The van der Waals surface area contributed by atoms with Crippen LogP contribution < -0.4 is 0 Å². The molecule has 0 amide bonds. The highest BCUT2D eigenvalue weighted by Crippen LogP contribution is 2.32. The highest BCUT2D eigenvalue weighted by atomic mass is 19.3. The first kappa shape index (κ1) is 13.3. The van der Waals surface area contributed by atoms with Gasteiger partial charge in [-0.1, -0.05) is 0 Å². The fourth-order valence-electron chi connectivity index (χ4n) is 1.88. The molecule has 16 heavy (non-hydrogen) atoms. The van der Waals surface area contributed by atoms with Crippen LogP contribution in [-0.2, 0) is 9.53 Å². The SMILES string of the molecule is CCOCC1CC(F)(F)CN1CCC(=O)O. The van der Waals surface area contributed by atoms with E-state index < -0.39 is 11.9 Å². The average Bonchev–Trinajstić information content (AvgIpc) is 2.47. The van der Waals surface area contributed by atoms with Gasteiger partial charge < -0.3 is 9.84 Å². The fraction of sp³-hybridized carbons (Fsp3) is 0.900. The van der Waals surface area contributed by atoms with Gasteiger partial charge in [-0.25, -0.2) is 8.78 Å². The smallest absolute Gasteiger partial charge is 0.304 e. The largest absolute Gasteiger partial charge is 0.481 e. The third-order valence-corrected chi connectivity index (χ3v) is 2.61. The minimum Gasteiger partial charge on any atom is -0.481 e. The van der Waals surface area contributed by atoms with E-state index >= 15 is 0 Å². The lowest BCUT2D eigenvalue weighted by Crippen LogP contribution is -2.35. The van der Waals surface area contributed by atoms with Crippen LogP contribution in [0.5, 0.6) is 0 Å². The van der Waals surface area contributed by atoms with E-state index in [0.29, 0.717) is 6.61 Å². The second-order valence-electron chi connectivity index (χ2n) is 3.99. The molecule has 1 rings (SSSR count). The molecule has 1 fully saturated rings. The maximum Gasteiger partial charge on any atom is 0.304 e. The Hall–Kier alpha value is -0.750. The number of nitrogens with zero attached hydrogens (tertiary/aromatic N) is 1. The minimum atomic E-state index is -2.72. The van der Waals surface area contributed by atoms with Crippen LogP contribution in [0.15, 0.2) is 0 Å². The van der Waals surface area contributed by atoms with Crippen molar-refractivity contribution in [1.29, 1.82) is 0 Å². The number of carbonyl (C=O) groups is 1. The van der Waals surface area contributed by atoms with Crippen LogP contribution in [-0.4, -0.2) is 54.2 Å². The molecule has 6 heteroatoms. The van der Waals surface area contributed by atoms with E-state index in [1.165, 1.54) is 4.90 Å². The summed E-state index contributed by atoms with van der Waals surface area (Å²) in [4.78, 5) is 11.9. The summed E-state index contributed by atoms with van der Waals surface area (Å²) >= 11 is 0. The van der Waals surface area contributed by atoms with E-state index in [1.807, 2.05) is 0 Å². The van der Waals surface area contributed by atoms with Crippen LogP contribution in [0.1, 0.15) is 19.8 Å². The molecule has 94 valence electrons. The maximum absolute atomic E-state index is 13.2. The quantitative estimate of drug-likeness (QED) is 0.754. The molecule has 1 N–H and O–H groups in total. The van der Waals surface area contributed by atoms with Gasteiger partial charge in [0.15, 0.2) is 0 Å². The first-order valence-corrected chi connectivity index (χ1v) is 5.36. The van der Waals surface area contributed by atoms with Crippen molar-refractivity contribution in [2.45, 2.75) is 31.7 Å². The van der Waals surface area contributed by atoms with Gasteiger partial charge in [0.1, 0.15) is 0 Å². The van der Waals surface area contributed by atoms with Gasteiger partial charge in [0.05, 0.1) is 19.6 Å². The van der Waals surface area contributed by atoms with Gasteiger partial charge in [0, 0.05) is 25.6 Å². The van der Waals surface area contributed by atoms with E-state index in [9.17, 15) is 13.6 Å². The van der Waals surface area contributed by atoms with E-state index in [2.05, 4.69) is 0 Å². The molecule has 0 spiro atoms. The molecule has 1 aliphatic rings. The zero-order valence-electron chi connectivity index (χ0n) is 9.29. The van der Waals surface area contributed by atoms with Crippen molar-refractivity contribution in [2.24, 2.45) is 0 Å². The zero-order valence-corrected chi connectivity index (χ0v) is 9.29. The molecule has 0 radical (unpaired) electrons. The summed E-state index contributed by atoms with van der Waals surface area (Å²) in [6.07, 6.45) is -0.356. The number of likely N-dealkylation sites (tertiary alicyclic amines) is 1. The first-order chi connectivity index (χ1) is 7.44. The predicted octanol–water partition coefficient (Wildman–Crippen LogP) is 1.21. The van der Waals surface area contributed by atoms with E-state index in [0.717, 1.165) is 0 Å². The van der Waals surface area contributed by atoms with Crippen molar-refractivity contribution >= 4 is 5.97 Å². The number of rotatable bonds is 6. The molecule has 0 aromatic carbocycles. The average molecular weight is 237 g/mol. The molecule has 1 saturated heterocycles. The number of carboxylic acids is 1. The van der Waals surface area contributed by atoms with Crippen LogP contribution in [0.2, 0.25) is 0 Å². The van der Waals surface area contributed by atoms with Crippen molar-refractivity contribution < 1.29 is 23.4 Å². The normalized spacial score (nSPS) is 24.8. The number of carboxylic acid groups (broad SMARTS) is 1. The lowest BCUT2D eigenvalue weighted by Gasteiger charge is -2.22. The lowest BCUT2D eigenvalue weighted by molar-refractivity contribution is -0.137. The Kier molecular flexibility index (Phi) is 4.61. The molecule has 0 bridgehead atoms. The standard InChI is InChI=1S/C10H17F2NO3/c1-2-16-6-8-5-10(11,12)7-13(8)4-3-9(14)15/h8H,2-7H2,1H3,(H,14,15). The van der Waals surface area contributed by atoms with Crippen LogP contribution in [0.25, 0.3) is 0 Å². The highest BCUT2D eigenvalue weighted by Gasteiger charge is 2.44. The summed E-state index contributed by atoms with van der Waals surface area (Å²) in [7, 11) is 0. The van der Waals surface area contributed by atoms with Crippen molar-refractivity contribution in [2.75, 3.05) is 26.3 Å². The third kappa shape index (κ3) is 4.02. The van der Waals surface area contributed by atoms with Gasteiger partial charge in [0.25, 0.3) is 5.92 Å². The zero-order chi connectivity index (χ0) is 12.2. The number of hydrogen-bond acceptors (Lipinski definition) is 3. The predicted molar refractivity (Wildman–Crippen MR) is 53.7 cm³/mol. The molecule has 0 aromatic heterocycles. The Labute approximate surface area is 93.2 Å². The van der Waals surface area contributed by atoms with Gasteiger partial charge in [-0.05, 0) is 6.92 Å². The molecular formula is C10H17F2NO3. The fourth-order valence-corrected chi connectivity index (χ4v) is 1.88. The summed E-state index contributed by atoms with van der Waals surface area (Å²) in [6, 6.07) is -0.366. The molecule has 0 saturated carbocycles. The molecule has 1 unspecified atom stereocenters. The highest BCUT2D eigenvalue weighted by molar-refractivity contribution is 5.66. The second kappa shape index (κ2) is 5.54. The van der Waals surface area contributed by atoms with Crippen LogP contribution in [0.3, 0.4) is 0 Å². The second-order valence-corrected chi connectivity index (χ2v) is 3.99. The van der Waals surface area contributed by atoms with Gasteiger partial charge in [-0.2, -0.15) is 0 Å². The third-order valence-electron chi connectivity index (χ3n) is 2.61. The van der Waals surface area contributed by atoms with Crippen LogP contribution in [0, 0.1) is 0 Å². The van der Waals surface area contributed by atoms with Crippen LogP contribution >= 0.6 is 0 Å². The van der Waals surface area contributed by atoms with Gasteiger partial charge >= 0.3 is 5.97 Å². The minimum absolute atomic E-state index is 0.112. The van der Waals surface area contributed by atoms with Crippen molar-refractivity contribution in [3.05, 3.63) is 0 Å². The van der Waals surface area contributed by atoms with E-state index in [-0.39, 0.29) is 38.6 Å². The number of ether oxygens (including phenoxy) is 1. The monoisotopic (exact) mass is 237 g/mol. The Morgan fingerprint density at radius 2 is 2.31 bits per heavy atom. The van der Waals surface area contributed by atoms with E-state index in [1.54, 1.807) is 6.92 Å². The Morgan fingerprint density at radius 1 is 1.62 bits per heavy atom. The summed E-state index contributed by atoms with van der Waals surface area (Å²) < 4.78 is 31.4.